The number of rotatable bonds is 2. The predicted octanol–water partition coefficient (Wildman–Crippen LogP) is 1.46. The number of aliphatic hydroxyl groups is 1. The molecular weight excluding hydrogens is 219 g/mol. The second-order valence-electron chi connectivity index (χ2n) is 3.94. The van der Waals surface area contributed by atoms with Crippen molar-refractivity contribution in [3.05, 3.63) is 29.6 Å². The molecule has 1 aromatic carbocycles. The molecule has 0 radical (unpaired) electrons. The molecule has 0 bridgehead atoms. The number of benzene rings is 1. The van der Waals surface area contributed by atoms with Gasteiger partial charge in [0.1, 0.15) is 5.82 Å². The minimum atomic E-state index is -3.54. The van der Waals surface area contributed by atoms with Crippen molar-refractivity contribution in [3.63, 3.8) is 0 Å². The van der Waals surface area contributed by atoms with Crippen LogP contribution in [0.5, 0.6) is 0 Å². The first kappa shape index (κ1) is 12.1. The van der Waals surface area contributed by atoms with E-state index in [0.29, 0.717) is 0 Å². The molecule has 0 aromatic heterocycles. The van der Waals surface area contributed by atoms with Crippen molar-refractivity contribution in [2.75, 3.05) is 6.26 Å². The minimum Gasteiger partial charge on any atom is -0.386 e. The highest BCUT2D eigenvalue weighted by Crippen LogP contribution is 2.29. The first-order valence-electron chi connectivity index (χ1n) is 4.35. The van der Waals surface area contributed by atoms with Gasteiger partial charge >= 0.3 is 0 Å². The lowest BCUT2D eigenvalue weighted by molar-refractivity contribution is 0.0713. The van der Waals surface area contributed by atoms with Crippen LogP contribution in [0.1, 0.15) is 19.4 Å². The lowest BCUT2D eigenvalue weighted by Gasteiger charge is -2.21. The molecule has 0 heterocycles. The molecule has 1 N–H and O–H groups in total. The third-order valence-corrected chi connectivity index (χ3v) is 3.13. The molecule has 0 aliphatic heterocycles. The molecule has 0 saturated heterocycles. The van der Waals surface area contributed by atoms with Gasteiger partial charge in [-0.05, 0) is 26.0 Å². The summed E-state index contributed by atoms with van der Waals surface area (Å²) in [5.41, 5.74) is -1.71. The van der Waals surface area contributed by atoms with Crippen LogP contribution >= 0.6 is 0 Å². The van der Waals surface area contributed by atoms with Gasteiger partial charge in [-0.1, -0.05) is 6.07 Å². The van der Waals surface area contributed by atoms with Gasteiger partial charge in [0.25, 0.3) is 0 Å². The standard InChI is InChI=1S/C10H13FO3S/c1-10(2,12)9-7(11)5-4-6-8(9)15(3,13)14/h4-6,12H,1-3H3. The van der Waals surface area contributed by atoms with Crippen LogP contribution < -0.4 is 0 Å². The van der Waals surface area contributed by atoms with Crippen LogP contribution in [0.2, 0.25) is 0 Å². The highest BCUT2D eigenvalue weighted by Gasteiger charge is 2.28. The van der Waals surface area contributed by atoms with E-state index in [1.54, 1.807) is 0 Å². The van der Waals surface area contributed by atoms with Crippen LogP contribution in [0.4, 0.5) is 4.39 Å². The Labute approximate surface area is 88.5 Å². The zero-order valence-corrected chi connectivity index (χ0v) is 9.60. The van der Waals surface area contributed by atoms with Gasteiger partial charge in [0.05, 0.1) is 10.5 Å². The van der Waals surface area contributed by atoms with Crippen LogP contribution in [-0.4, -0.2) is 19.8 Å². The average molecular weight is 232 g/mol. The predicted molar refractivity (Wildman–Crippen MR) is 54.8 cm³/mol. The molecule has 0 atom stereocenters. The highest BCUT2D eigenvalue weighted by atomic mass is 32.2. The van der Waals surface area contributed by atoms with Gasteiger partial charge in [-0.15, -0.1) is 0 Å². The van der Waals surface area contributed by atoms with Gasteiger partial charge in [-0.25, -0.2) is 12.8 Å². The minimum absolute atomic E-state index is 0.171. The summed E-state index contributed by atoms with van der Waals surface area (Å²) >= 11 is 0. The number of hydrogen-bond acceptors (Lipinski definition) is 3. The van der Waals surface area contributed by atoms with Crippen molar-refractivity contribution in [1.29, 1.82) is 0 Å². The summed E-state index contributed by atoms with van der Waals surface area (Å²) < 4.78 is 36.2. The largest absolute Gasteiger partial charge is 0.386 e. The topological polar surface area (TPSA) is 54.4 Å². The zero-order chi connectivity index (χ0) is 11.9. The van der Waals surface area contributed by atoms with Gasteiger partial charge in [0, 0.05) is 11.8 Å². The normalized spacial score (nSPS) is 12.9. The molecule has 0 fully saturated rings. The second-order valence-corrected chi connectivity index (χ2v) is 5.93. The summed E-state index contributed by atoms with van der Waals surface area (Å²) in [5, 5.41) is 9.71. The third kappa shape index (κ3) is 2.54. The molecule has 5 heteroatoms. The van der Waals surface area contributed by atoms with E-state index in [9.17, 15) is 17.9 Å². The van der Waals surface area contributed by atoms with E-state index < -0.39 is 21.3 Å². The number of sulfone groups is 1. The maximum atomic E-state index is 13.5. The fourth-order valence-corrected chi connectivity index (χ4v) is 2.45. The molecule has 0 aliphatic carbocycles. The van der Waals surface area contributed by atoms with Crippen LogP contribution in [0, 0.1) is 5.82 Å². The molecule has 3 nitrogen and oxygen atoms in total. The smallest absolute Gasteiger partial charge is 0.176 e. The fourth-order valence-electron chi connectivity index (χ4n) is 1.41. The van der Waals surface area contributed by atoms with Gasteiger partial charge in [-0.3, -0.25) is 0 Å². The Morgan fingerprint density at radius 1 is 1.33 bits per heavy atom. The summed E-state index contributed by atoms with van der Waals surface area (Å²) in [6, 6.07) is 3.72. The van der Waals surface area contributed by atoms with Crippen LogP contribution in [0.25, 0.3) is 0 Å². The maximum Gasteiger partial charge on any atom is 0.176 e. The van der Waals surface area contributed by atoms with Crippen molar-refractivity contribution in [1.82, 2.24) is 0 Å². The van der Waals surface area contributed by atoms with Crippen molar-refractivity contribution in [3.8, 4) is 0 Å². The second kappa shape index (κ2) is 3.57. The zero-order valence-electron chi connectivity index (χ0n) is 8.78. The molecule has 0 saturated carbocycles. The molecule has 15 heavy (non-hydrogen) atoms. The first-order valence-corrected chi connectivity index (χ1v) is 6.24. The van der Waals surface area contributed by atoms with E-state index >= 15 is 0 Å². The molecule has 84 valence electrons. The van der Waals surface area contributed by atoms with E-state index in [4.69, 9.17) is 0 Å². The Bertz CT molecular complexity index is 472. The SMILES string of the molecule is CC(C)(O)c1c(F)cccc1S(C)(=O)=O. The Kier molecular flexibility index (Phi) is 2.89. The average Bonchev–Trinajstić information content (AvgIpc) is 1.99. The monoisotopic (exact) mass is 232 g/mol. The summed E-state index contributed by atoms with van der Waals surface area (Å²) in [5.74, 6) is -0.717. The van der Waals surface area contributed by atoms with Gasteiger partial charge in [0.15, 0.2) is 9.84 Å². The van der Waals surface area contributed by atoms with Crippen molar-refractivity contribution < 1.29 is 17.9 Å². The van der Waals surface area contributed by atoms with E-state index in [1.807, 2.05) is 0 Å². The first-order chi connectivity index (χ1) is 6.64. The van der Waals surface area contributed by atoms with E-state index in [0.717, 1.165) is 12.3 Å². The van der Waals surface area contributed by atoms with Crippen LogP contribution in [0.15, 0.2) is 23.1 Å². The summed E-state index contributed by atoms with van der Waals surface area (Å²) in [6.07, 6.45) is 0.983. The molecule has 0 unspecified atom stereocenters. The summed E-state index contributed by atoms with van der Waals surface area (Å²) in [4.78, 5) is -0.171. The Balaban J connectivity index is 3.63. The summed E-state index contributed by atoms with van der Waals surface area (Å²) in [6.45, 7) is 2.69. The Hall–Kier alpha value is -0.940. The molecule has 0 amide bonds. The van der Waals surface area contributed by atoms with Crippen molar-refractivity contribution >= 4 is 9.84 Å². The van der Waals surface area contributed by atoms with Crippen LogP contribution in [-0.2, 0) is 15.4 Å². The van der Waals surface area contributed by atoms with Crippen molar-refractivity contribution in [2.24, 2.45) is 0 Å². The molecular formula is C10H13FO3S. The van der Waals surface area contributed by atoms with Crippen LogP contribution in [0.3, 0.4) is 0 Å². The summed E-state index contributed by atoms with van der Waals surface area (Å²) in [7, 11) is -3.54. The molecule has 1 aromatic rings. The fraction of sp³-hybridized carbons (Fsp3) is 0.400. The van der Waals surface area contributed by atoms with Gasteiger partial charge in [0.2, 0.25) is 0 Å². The quantitative estimate of drug-likeness (QED) is 0.839. The molecule has 1 rings (SSSR count). The lowest BCUT2D eigenvalue weighted by atomic mass is 9.98. The third-order valence-electron chi connectivity index (χ3n) is 1.99. The number of hydrogen-bond donors (Lipinski definition) is 1. The van der Waals surface area contributed by atoms with E-state index in [-0.39, 0.29) is 10.5 Å². The lowest BCUT2D eigenvalue weighted by Crippen LogP contribution is -2.21. The van der Waals surface area contributed by atoms with Gasteiger partial charge < -0.3 is 5.11 Å². The van der Waals surface area contributed by atoms with E-state index in [2.05, 4.69) is 0 Å². The molecule has 0 aliphatic rings. The highest BCUT2D eigenvalue weighted by molar-refractivity contribution is 7.90. The Morgan fingerprint density at radius 3 is 2.20 bits per heavy atom. The van der Waals surface area contributed by atoms with E-state index in [1.165, 1.54) is 26.0 Å². The van der Waals surface area contributed by atoms with Crippen molar-refractivity contribution in [2.45, 2.75) is 24.3 Å². The maximum absolute atomic E-state index is 13.5. The van der Waals surface area contributed by atoms with Gasteiger partial charge in [-0.2, -0.15) is 0 Å². The number of halogens is 1. The molecule has 0 spiro atoms. The Morgan fingerprint density at radius 2 is 1.87 bits per heavy atom.